The Bertz CT molecular complexity index is 253. The molecule has 1 saturated carbocycles. The van der Waals surface area contributed by atoms with E-state index in [1.807, 2.05) is 0 Å². The molecule has 0 N–H and O–H groups in total. The molecule has 1 heterocycles. The molecule has 0 radical (unpaired) electrons. The number of carbonyl (C=O) groups excluding carboxylic acids is 1. The maximum absolute atomic E-state index is 11.8. The third-order valence-corrected chi connectivity index (χ3v) is 4.45. The van der Waals surface area contributed by atoms with Crippen molar-refractivity contribution in [1.82, 2.24) is 4.90 Å². The summed E-state index contributed by atoms with van der Waals surface area (Å²) in [4.78, 5) is 14.2. The number of ether oxygens (including phenoxy) is 1. The van der Waals surface area contributed by atoms with Gasteiger partial charge in [0.25, 0.3) is 0 Å². The lowest BCUT2D eigenvalue weighted by Crippen LogP contribution is -2.42. The first-order valence-electron chi connectivity index (χ1n) is 6.43. The lowest BCUT2D eigenvalue weighted by atomic mass is 9.63. The van der Waals surface area contributed by atoms with Gasteiger partial charge in [-0.05, 0) is 58.2 Å². The van der Waals surface area contributed by atoms with E-state index in [1.54, 1.807) is 0 Å². The fraction of sp³-hybridized carbons (Fsp3) is 0.923. The highest BCUT2D eigenvalue weighted by Crippen LogP contribution is 2.48. The van der Waals surface area contributed by atoms with Gasteiger partial charge in [0.05, 0.1) is 12.5 Å². The van der Waals surface area contributed by atoms with Crippen LogP contribution >= 0.6 is 0 Å². The molecule has 3 nitrogen and oxygen atoms in total. The number of hydrogen-bond acceptors (Lipinski definition) is 3. The van der Waals surface area contributed by atoms with E-state index in [9.17, 15) is 4.79 Å². The van der Waals surface area contributed by atoms with Crippen molar-refractivity contribution in [1.29, 1.82) is 0 Å². The van der Waals surface area contributed by atoms with Crippen molar-refractivity contribution in [2.45, 2.75) is 38.5 Å². The highest BCUT2D eigenvalue weighted by Gasteiger charge is 2.46. The van der Waals surface area contributed by atoms with Gasteiger partial charge in [-0.1, -0.05) is 6.42 Å². The Kier molecular flexibility index (Phi) is 3.53. The van der Waals surface area contributed by atoms with Crippen molar-refractivity contribution in [3.8, 4) is 0 Å². The Balaban J connectivity index is 1.89. The van der Waals surface area contributed by atoms with Gasteiger partial charge in [-0.2, -0.15) is 0 Å². The van der Waals surface area contributed by atoms with E-state index in [2.05, 4.69) is 11.9 Å². The third-order valence-electron chi connectivity index (χ3n) is 4.45. The predicted molar refractivity (Wildman–Crippen MR) is 63.1 cm³/mol. The van der Waals surface area contributed by atoms with Crippen LogP contribution in [0.4, 0.5) is 0 Å². The summed E-state index contributed by atoms with van der Waals surface area (Å²) in [7, 11) is 3.70. The second kappa shape index (κ2) is 4.74. The van der Waals surface area contributed by atoms with Gasteiger partial charge in [0.2, 0.25) is 0 Å². The number of piperidine rings is 1. The first kappa shape index (κ1) is 11.9. The van der Waals surface area contributed by atoms with E-state index in [0.717, 1.165) is 25.2 Å². The fourth-order valence-corrected chi connectivity index (χ4v) is 3.13. The molecule has 0 bridgehead atoms. The maximum atomic E-state index is 11.8. The fourth-order valence-electron chi connectivity index (χ4n) is 3.13. The molecule has 0 amide bonds. The van der Waals surface area contributed by atoms with Crippen LogP contribution < -0.4 is 0 Å². The monoisotopic (exact) mass is 225 g/mol. The molecule has 16 heavy (non-hydrogen) atoms. The highest BCUT2D eigenvalue weighted by molar-refractivity contribution is 5.77. The summed E-state index contributed by atoms with van der Waals surface area (Å²) in [5.74, 6) is 0.772. The van der Waals surface area contributed by atoms with Gasteiger partial charge in [0.1, 0.15) is 0 Å². The minimum Gasteiger partial charge on any atom is -0.469 e. The Morgan fingerprint density at radius 1 is 1.38 bits per heavy atom. The molecule has 0 atom stereocenters. The van der Waals surface area contributed by atoms with Crippen LogP contribution in [0.15, 0.2) is 0 Å². The molecule has 92 valence electrons. The number of hydrogen-bond donors (Lipinski definition) is 0. The number of rotatable bonds is 3. The summed E-state index contributed by atoms with van der Waals surface area (Å²) in [6.45, 7) is 2.36. The largest absolute Gasteiger partial charge is 0.469 e. The second-order valence-corrected chi connectivity index (χ2v) is 5.58. The van der Waals surface area contributed by atoms with Crippen molar-refractivity contribution < 1.29 is 9.53 Å². The number of methoxy groups -OCH3 is 1. The zero-order valence-electron chi connectivity index (χ0n) is 10.5. The first-order valence-corrected chi connectivity index (χ1v) is 6.43. The topological polar surface area (TPSA) is 29.5 Å². The van der Waals surface area contributed by atoms with Crippen molar-refractivity contribution in [3.63, 3.8) is 0 Å². The molecule has 0 unspecified atom stereocenters. The minimum absolute atomic E-state index is 0.0395. The standard InChI is InChI=1S/C13H23NO2/c1-14-8-4-11(5-9-14)10-13(6-3-7-13)12(15)16-2/h11H,3-10H2,1-2H3. The Morgan fingerprint density at radius 2 is 2.00 bits per heavy atom. The van der Waals surface area contributed by atoms with Crippen LogP contribution in [0.3, 0.4) is 0 Å². The molecule has 2 fully saturated rings. The normalized spacial score (nSPS) is 26.1. The molecule has 1 saturated heterocycles. The number of carbonyl (C=O) groups is 1. The zero-order chi connectivity index (χ0) is 11.6. The van der Waals surface area contributed by atoms with Crippen molar-refractivity contribution in [3.05, 3.63) is 0 Å². The Morgan fingerprint density at radius 3 is 2.44 bits per heavy atom. The van der Waals surface area contributed by atoms with Crippen LogP contribution in [0, 0.1) is 11.3 Å². The van der Waals surface area contributed by atoms with Crippen molar-refractivity contribution >= 4 is 5.97 Å². The van der Waals surface area contributed by atoms with E-state index >= 15 is 0 Å². The van der Waals surface area contributed by atoms with Crippen LogP contribution in [0.25, 0.3) is 0 Å². The van der Waals surface area contributed by atoms with Crippen LogP contribution in [0.5, 0.6) is 0 Å². The zero-order valence-corrected chi connectivity index (χ0v) is 10.5. The predicted octanol–water partition coefficient (Wildman–Crippen LogP) is 2.06. The Hall–Kier alpha value is -0.570. The van der Waals surface area contributed by atoms with E-state index in [4.69, 9.17) is 4.74 Å². The van der Waals surface area contributed by atoms with Crippen LogP contribution in [-0.2, 0) is 9.53 Å². The molecule has 1 aliphatic carbocycles. The van der Waals surface area contributed by atoms with Crippen LogP contribution in [-0.4, -0.2) is 38.1 Å². The van der Waals surface area contributed by atoms with Gasteiger partial charge in [-0.3, -0.25) is 4.79 Å². The van der Waals surface area contributed by atoms with Crippen LogP contribution in [0.2, 0.25) is 0 Å². The Labute approximate surface area is 98.1 Å². The summed E-state index contributed by atoms with van der Waals surface area (Å²) in [5.41, 5.74) is -0.102. The van der Waals surface area contributed by atoms with Gasteiger partial charge in [-0.15, -0.1) is 0 Å². The van der Waals surface area contributed by atoms with E-state index in [0.29, 0.717) is 0 Å². The minimum atomic E-state index is -0.102. The number of likely N-dealkylation sites (tertiary alicyclic amines) is 1. The van der Waals surface area contributed by atoms with Gasteiger partial charge in [0.15, 0.2) is 0 Å². The summed E-state index contributed by atoms with van der Waals surface area (Å²) in [6.07, 6.45) is 6.84. The van der Waals surface area contributed by atoms with E-state index in [-0.39, 0.29) is 11.4 Å². The molecule has 3 heteroatoms. The molecule has 0 aromatic heterocycles. The summed E-state index contributed by atoms with van der Waals surface area (Å²) in [5, 5.41) is 0. The average Bonchev–Trinajstić information content (AvgIpc) is 2.25. The molecule has 0 spiro atoms. The first-order chi connectivity index (χ1) is 7.66. The van der Waals surface area contributed by atoms with Crippen LogP contribution in [0.1, 0.15) is 38.5 Å². The highest BCUT2D eigenvalue weighted by atomic mass is 16.5. The summed E-state index contributed by atoms with van der Waals surface area (Å²) in [6, 6.07) is 0. The van der Waals surface area contributed by atoms with E-state index < -0.39 is 0 Å². The SMILES string of the molecule is COC(=O)C1(CC2CCN(C)CC2)CCC1. The molecule has 0 aromatic rings. The van der Waals surface area contributed by atoms with Crippen molar-refractivity contribution in [2.24, 2.45) is 11.3 Å². The van der Waals surface area contributed by atoms with Crippen molar-refractivity contribution in [2.75, 3.05) is 27.2 Å². The van der Waals surface area contributed by atoms with E-state index in [1.165, 1.54) is 39.5 Å². The molecular formula is C13H23NO2. The average molecular weight is 225 g/mol. The van der Waals surface area contributed by atoms with Gasteiger partial charge < -0.3 is 9.64 Å². The molecular weight excluding hydrogens is 202 g/mol. The lowest BCUT2D eigenvalue weighted by molar-refractivity contribution is -0.160. The van der Waals surface area contributed by atoms with Gasteiger partial charge >= 0.3 is 5.97 Å². The molecule has 2 rings (SSSR count). The third kappa shape index (κ3) is 2.24. The second-order valence-electron chi connectivity index (χ2n) is 5.58. The molecule has 2 aliphatic rings. The summed E-state index contributed by atoms with van der Waals surface area (Å²) < 4.78 is 4.97. The smallest absolute Gasteiger partial charge is 0.311 e. The number of esters is 1. The van der Waals surface area contributed by atoms with Gasteiger partial charge in [-0.25, -0.2) is 0 Å². The maximum Gasteiger partial charge on any atom is 0.311 e. The quantitative estimate of drug-likeness (QED) is 0.689. The van der Waals surface area contributed by atoms with Gasteiger partial charge in [0, 0.05) is 0 Å². The summed E-state index contributed by atoms with van der Waals surface area (Å²) >= 11 is 0. The number of nitrogens with zero attached hydrogens (tertiary/aromatic N) is 1. The molecule has 1 aliphatic heterocycles. The lowest BCUT2D eigenvalue weighted by Gasteiger charge is -2.42. The molecule has 0 aromatic carbocycles.